The highest BCUT2D eigenvalue weighted by atomic mass is 28.1. The Kier molecular flexibility index (Phi) is 9.97. The zero-order valence-electron chi connectivity index (χ0n) is 32.1. The highest BCUT2D eigenvalue weighted by Gasteiger charge is 2.46. The van der Waals surface area contributed by atoms with Gasteiger partial charge in [-0.1, -0.05) is 18.2 Å². The number of carbonyl (C=O) groups is 4. The van der Waals surface area contributed by atoms with Crippen molar-refractivity contribution in [3.05, 3.63) is 101 Å². The van der Waals surface area contributed by atoms with E-state index in [0.29, 0.717) is 47.7 Å². The Bertz CT molecular complexity index is 2350. The lowest BCUT2D eigenvalue weighted by Gasteiger charge is -2.52. The number of nitrogen functional groups attached to an aromatic ring is 1. The van der Waals surface area contributed by atoms with Crippen molar-refractivity contribution in [2.24, 2.45) is 5.92 Å². The van der Waals surface area contributed by atoms with Crippen molar-refractivity contribution in [1.82, 2.24) is 30.0 Å². The van der Waals surface area contributed by atoms with E-state index in [4.69, 9.17) is 15.9 Å². The molecule has 4 amide bonds. The Morgan fingerprint density at radius 3 is 2.32 bits per heavy atom. The number of para-hydroxylation sites is 1. The first-order chi connectivity index (χ1) is 28.4. The maximum Gasteiger partial charge on any atom is 0.262 e. The van der Waals surface area contributed by atoms with Gasteiger partial charge < -0.3 is 20.7 Å². The molecule has 5 aliphatic rings. The van der Waals surface area contributed by atoms with Crippen molar-refractivity contribution in [2.45, 2.75) is 42.9 Å². The Morgan fingerprint density at radius 2 is 1.63 bits per heavy atom. The van der Waals surface area contributed by atoms with E-state index < -0.39 is 40.6 Å². The lowest BCUT2D eigenvalue weighted by Crippen LogP contribution is -2.65. The van der Waals surface area contributed by atoms with Crippen molar-refractivity contribution >= 4 is 56.9 Å². The number of halogens is 1. The molecule has 6 heterocycles. The van der Waals surface area contributed by atoms with Gasteiger partial charge in [-0.2, -0.15) is 0 Å². The Labute approximate surface area is 343 Å². The minimum Gasteiger partial charge on any atom is -0.457 e. The lowest BCUT2D eigenvalue weighted by atomic mass is 9.94. The molecule has 301 valence electrons. The van der Waals surface area contributed by atoms with Gasteiger partial charge >= 0.3 is 0 Å². The van der Waals surface area contributed by atoms with Crippen LogP contribution in [0.3, 0.4) is 0 Å². The number of imide groups is 2. The average molecular weight is 814 g/mol. The molecule has 0 spiro atoms. The van der Waals surface area contributed by atoms with E-state index in [2.05, 4.69) is 40.6 Å². The first kappa shape index (κ1) is 38.5. The van der Waals surface area contributed by atoms with Crippen molar-refractivity contribution in [1.29, 1.82) is 5.41 Å². The van der Waals surface area contributed by atoms with Crippen LogP contribution in [0.15, 0.2) is 73.1 Å². The van der Waals surface area contributed by atoms with Gasteiger partial charge in [0.25, 0.3) is 11.8 Å². The number of likely N-dealkylation sites (tertiary alicyclic amines) is 2. The number of nitrogens with zero attached hydrogens (tertiary/aromatic N) is 6. The number of hydrogen-bond acceptors (Lipinski definition) is 13. The minimum absolute atomic E-state index is 0.0176. The molecule has 1 aromatic heterocycles. The molecule has 5 aliphatic heterocycles. The first-order valence-electron chi connectivity index (χ1n) is 19.8. The fraction of sp³-hybridized carbons (Fsp3) is 0.357. The van der Waals surface area contributed by atoms with E-state index in [1.165, 1.54) is 12.4 Å². The summed E-state index contributed by atoms with van der Waals surface area (Å²) in [5.41, 5.74) is 7.93. The van der Waals surface area contributed by atoms with Crippen LogP contribution in [0.2, 0.25) is 0 Å². The number of nitrogens with one attached hydrogen (secondary N) is 3. The summed E-state index contributed by atoms with van der Waals surface area (Å²) in [6.45, 7) is 5.74. The maximum atomic E-state index is 15.3. The smallest absolute Gasteiger partial charge is 0.262 e. The highest BCUT2D eigenvalue weighted by Crippen LogP contribution is 2.36. The molecule has 1 atom stereocenters. The number of anilines is 3. The molecule has 0 saturated carbocycles. The number of hydrogen-bond donors (Lipinski definition) is 4. The number of ether oxygens (including phenoxy) is 1. The van der Waals surface area contributed by atoms with Crippen molar-refractivity contribution in [2.75, 3.05) is 61.8 Å². The van der Waals surface area contributed by atoms with Gasteiger partial charge in [-0.15, -0.1) is 0 Å². The minimum atomic E-state index is -1.10. The summed E-state index contributed by atoms with van der Waals surface area (Å²) >= 11 is 0. The molecular weight excluding hydrogens is 772 g/mol. The van der Waals surface area contributed by atoms with Crippen LogP contribution in [0.4, 0.5) is 21.7 Å². The van der Waals surface area contributed by atoms with Gasteiger partial charge in [-0.05, 0) is 67.8 Å². The van der Waals surface area contributed by atoms with Crippen LogP contribution in [0.1, 0.15) is 57.5 Å². The molecule has 3 radical (unpaired) electrons. The molecule has 1 unspecified atom stereocenters. The second kappa shape index (κ2) is 15.3. The van der Waals surface area contributed by atoms with Crippen LogP contribution in [-0.4, -0.2) is 127 Å². The number of amides is 4. The molecular formula is C42H42FN10O5Si. The lowest BCUT2D eigenvalue weighted by molar-refractivity contribution is -0.136. The van der Waals surface area contributed by atoms with Crippen molar-refractivity contribution < 1.29 is 28.3 Å². The third-order valence-electron chi connectivity index (χ3n) is 12.0. The van der Waals surface area contributed by atoms with Gasteiger partial charge in [-0.25, -0.2) is 14.4 Å². The third kappa shape index (κ3) is 7.45. The summed E-state index contributed by atoms with van der Waals surface area (Å²) < 4.78 is 21.2. The van der Waals surface area contributed by atoms with Crippen LogP contribution in [0, 0.1) is 17.1 Å². The molecule has 17 heteroatoms. The summed E-state index contributed by atoms with van der Waals surface area (Å²) in [4.78, 5) is 66.7. The third-order valence-corrected chi connectivity index (χ3v) is 12.7. The SMILES string of the molecule is N=C(c1ccc(Oc2ccccc2)cc1)c1c(N)ncnc1NC1([Si])CCN(C2CN(CC3CN(c4cc5c(cc4F)C(=O)N(C4CCC(=O)NC4=O)C5=O)C3)C2)CC1. The fourth-order valence-electron chi connectivity index (χ4n) is 8.71. The van der Waals surface area contributed by atoms with E-state index >= 15 is 4.39 Å². The van der Waals surface area contributed by atoms with Gasteiger partial charge in [0, 0.05) is 74.9 Å². The van der Waals surface area contributed by atoms with E-state index in [9.17, 15) is 19.2 Å². The van der Waals surface area contributed by atoms with E-state index in [-0.39, 0.29) is 41.2 Å². The molecule has 9 rings (SSSR count). The number of fused-ring (bicyclic) bond motifs is 1. The Morgan fingerprint density at radius 1 is 0.949 bits per heavy atom. The van der Waals surface area contributed by atoms with Crippen LogP contribution < -0.4 is 26.0 Å². The topological polar surface area (TPSA) is 190 Å². The van der Waals surface area contributed by atoms with E-state index in [1.807, 2.05) is 59.5 Å². The Balaban J connectivity index is 0.748. The normalized spacial score (nSPS) is 21.2. The number of aromatic nitrogens is 2. The monoisotopic (exact) mass is 813 g/mol. The van der Waals surface area contributed by atoms with Gasteiger partial charge in [0.05, 0.1) is 38.3 Å². The predicted molar refractivity (Wildman–Crippen MR) is 217 cm³/mol. The highest BCUT2D eigenvalue weighted by molar-refractivity contribution is 6.24. The van der Waals surface area contributed by atoms with Crippen LogP contribution >= 0.6 is 0 Å². The van der Waals surface area contributed by atoms with Crippen LogP contribution in [0.5, 0.6) is 11.5 Å². The molecule has 0 aliphatic carbocycles. The van der Waals surface area contributed by atoms with Gasteiger partial charge in [0.1, 0.15) is 41.3 Å². The second-order valence-corrected chi connectivity index (χ2v) is 16.9. The molecule has 0 bridgehead atoms. The van der Waals surface area contributed by atoms with Gasteiger partial charge in [0.15, 0.2) is 0 Å². The largest absolute Gasteiger partial charge is 0.457 e. The van der Waals surface area contributed by atoms with Crippen molar-refractivity contribution in [3.63, 3.8) is 0 Å². The van der Waals surface area contributed by atoms with Crippen LogP contribution in [-0.2, 0) is 9.59 Å². The zero-order chi connectivity index (χ0) is 41.0. The second-order valence-electron chi connectivity index (χ2n) is 16.0. The quantitative estimate of drug-likeness (QED) is 0.0986. The van der Waals surface area contributed by atoms with Gasteiger partial charge in [0.2, 0.25) is 11.8 Å². The molecule has 5 N–H and O–H groups in total. The summed E-state index contributed by atoms with van der Waals surface area (Å²) in [7, 11) is 4.03. The maximum absolute atomic E-state index is 15.3. The number of benzene rings is 3. The number of nitrogens with two attached hydrogens (primary N) is 1. The number of rotatable bonds is 11. The van der Waals surface area contributed by atoms with Crippen molar-refractivity contribution in [3.8, 4) is 11.5 Å². The van der Waals surface area contributed by atoms with Crippen LogP contribution in [0.25, 0.3) is 0 Å². The molecule has 4 aromatic rings. The van der Waals surface area contributed by atoms with Gasteiger partial charge in [-0.3, -0.25) is 44.6 Å². The first-order valence-corrected chi connectivity index (χ1v) is 20.3. The summed E-state index contributed by atoms with van der Waals surface area (Å²) in [5.74, 6) is -0.677. The predicted octanol–water partition coefficient (Wildman–Crippen LogP) is 3.00. The molecule has 15 nitrogen and oxygen atoms in total. The molecule has 4 saturated heterocycles. The van der Waals surface area contributed by atoms with E-state index in [0.717, 1.165) is 62.3 Å². The van der Waals surface area contributed by atoms with E-state index in [1.54, 1.807) is 0 Å². The summed E-state index contributed by atoms with van der Waals surface area (Å²) in [6, 6.07) is 18.6. The number of carbonyl (C=O) groups excluding carboxylic acids is 4. The molecule has 4 fully saturated rings. The molecule has 59 heavy (non-hydrogen) atoms. The fourth-order valence-corrected chi connectivity index (χ4v) is 9.05. The number of piperidine rings is 2. The summed E-state index contributed by atoms with van der Waals surface area (Å²) in [6.07, 6.45) is 3.06. The zero-order valence-corrected chi connectivity index (χ0v) is 33.1. The standard InChI is InChI=1S/C42H42FN10O5Si/c43-31-16-29-30(41(57)53(40(29)56)32-10-11-34(54)48-39(32)55)17-33(31)52-19-24(20-52)18-50-21-26(22-50)51-14-12-42(59,13-15-51)49-38-35(37(45)46-23-47-38)36(44)25-6-8-28(9-7-25)58-27-4-2-1-3-5-27/h1-9,16-17,23-24,26,32,44H,10-15,18-22H2,(H,48,54,55)(H3,45,46,47,49). The summed E-state index contributed by atoms with van der Waals surface area (Å²) in [5, 5.41) is 14.3. The average Bonchev–Trinajstić information content (AvgIpc) is 3.42. The Hall–Kier alpha value is -6.04. The molecule has 3 aromatic carbocycles.